The van der Waals surface area contributed by atoms with E-state index in [4.69, 9.17) is 4.74 Å². The van der Waals surface area contributed by atoms with Crippen LogP contribution in [0.4, 0.5) is 5.95 Å². The van der Waals surface area contributed by atoms with Gasteiger partial charge in [-0.1, -0.05) is 36.4 Å². The summed E-state index contributed by atoms with van der Waals surface area (Å²) in [5, 5.41) is 7.38. The normalized spacial score (nSPS) is 15.1. The number of anilines is 1. The number of nitrogens with one attached hydrogen (secondary N) is 2. The van der Waals surface area contributed by atoms with Gasteiger partial charge >= 0.3 is 0 Å². The first-order chi connectivity index (χ1) is 12.8. The fourth-order valence-electron chi connectivity index (χ4n) is 3.38. The predicted molar refractivity (Wildman–Crippen MR) is 106 cm³/mol. The highest BCUT2D eigenvalue weighted by molar-refractivity contribution is 5.89. The number of fused-ring (bicyclic) bond motifs is 1. The van der Waals surface area contributed by atoms with Gasteiger partial charge in [-0.05, 0) is 55.1 Å². The van der Waals surface area contributed by atoms with Crippen molar-refractivity contribution in [2.45, 2.75) is 12.8 Å². The summed E-state index contributed by atoms with van der Waals surface area (Å²) in [4.78, 5) is 9.15. The van der Waals surface area contributed by atoms with Crippen LogP contribution in [0.3, 0.4) is 0 Å². The van der Waals surface area contributed by atoms with Crippen LogP contribution in [0.25, 0.3) is 22.0 Å². The quantitative estimate of drug-likeness (QED) is 0.736. The van der Waals surface area contributed by atoms with Gasteiger partial charge in [0.15, 0.2) is 0 Å². The average Bonchev–Trinajstić information content (AvgIpc) is 2.72. The van der Waals surface area contributed by atoms with Crippen LogP contribution in [0.2, 0.25) is 0 Å². The molecule has 0 bridgehead atoms. The van der Waals surface area contributed by atoms with Crippen molar-refractivity contribution in [1.82, 2.24) is 15.3 Å². The lowest BCUT2D eigenvalue weighted by molar-refractivity contribution is 0.211. The van der Waals surface area contributed by atoms with E-state index in [9.17, 15) is 0 Å². The molecule has 0 radical (unpaired) electrons. The van der Waals surface area contributed by atoms with Gasteiger partial charge < -0.3 is 15.4 Å². The molecule has 0 aliphatic carbocycles. The smallest absolute Gasteiger partial charge is 0.226 e. The van der Waals surface area contributed by atoms with E-state index in [0.717, 1.165) is 42.4 Å². The lowest BCUT2D eigenvalue weighted by Crippen LogP contribution is -2.30. The molecule has 0 amide bonds. The molecule has 2 heterocycles. The van der Waals surface area contributed by atoms with Crippen molar-refractivity contribution in [3.63, 3.8) is 0 Å². The first-order valence-electron chi connectivity index (χ1n) is 9.22. The third-order valence-electron chi connectivity index (χ3n) is 4.91. The second kappa shape index (κ2) is 7.70. The molecule has 134 valence electrons. The zero-order valence-electron chi connectivity index (χ0n) is 15.0. The van der Waals surface area contributed by atoms with Gasteiger partial charge in [0, 0.05) is 7.05 Å². The van der Waals surface area contributed by atoms with Crippen LogP contribution >= 0.6 is 0 Å². The third-order valence-corrected chi connectivity index (χ3v) is 4.91. The van der Waals surface area contributed by atoms with Gasteiger partial charge in [0.25, 0.3) is 0 Å². The molecule has 1 aromatic heterocycles. The van der Waals surface area contributed by atoms with Crippen molar-refractivity contribution in [2.24, 2.45) is 5.92 Å². The van der Waals surface area contributed by atoms with E-state index in [0.29, 0.717) is 24.4 Å². The minimum Gasteiger partial charge on any atom is -0.477 e. The molecule has 5 heteroatoms. The summed E-state index contributed by atoms with van der Waals surface area (Å²) in [7, 11) is 1.83. The van der Waals surface area contributed by atoms with Crippen LogP contribution in [0.1, 0.15) is 12.8 Å². The number of hydrogen-bond acceptors (Lipinski definition) is 5. The Morgan fingerprint density at radius 2 is 1.85 bits per heavy atom. The molecule has 1 aliphatic rings. The molecule has 2 aromatic carbocycles. The van der Waals surface area contributed by atoms with E-state index in [-0.39, 0.29) is 0 Å². The first-order valence-corrected chi connectivity index (χ1v) is 9.22. The Balaban J connectivity index is 1.68. The summed E-state index contributed by atoms with van der Waals surface area (Å²) in [5.41, 5.74) is 3.21. The molecule has 1 fully saturated rings. The monoisotopic (exact) mass is 348 g/mol. The number of ether oxygens (including phenoxy) is 1. The van der Waals surface area contributed by atoms with Crippen molar-refractivity contribution in [2.75, 3.05) is 32.1 Å². The predicted octanol–water partition coefficient (Wildman–Crippen LogP) is 3.72. The number of aromatic nitrogens is 2. The Morgan fingerprint density at radius 1 is 1.04 bits per heavy atom. The Hall–Kier alpha value is -2.66. The highest BCUT2D eigenvalue weighted by Gasteiger charge is 2.16. The number of nitrogens with zero attached hydrogens (tertiary/aromatic N) is 2. The van der Waals surface area contributed by atoms with Gasteiger partial charge in [0.2, 0.25) is 11.8 Å². The molecule has 0 unspecified atom stereocenters. The molecular formula is C21H24N4O. The maximum atomic E-state index is 6.17. The SMILES string of the molecule is CNc1nc(OCC2CCNCC2)c2cc(-c3ccccc3)ccc2n1. The minimum absolute atomic E-state index is 0.580. The number of benzene rings is 2. The van der Waals surface area contributed by atoms with E-state index in [1.807, 2.05) is 19.2 Å². The molecule has 5 nitrogen and oxygen atoms in total. The Morgan fingerprint density at radius 3 is 2.62 bits per heavy atom. The first kappa shape index (κ1) is 16.8. The Bertz CT molecular complexity index is 876. The second-order valence-corrected chi connectivity index (χ2v) is 6.70. The van der Waals surface area contributed by atoms with Crippen LogP contribution in [-0.2, 0) is 0 Å². The molecule has 0 spiro atoms. The van der Waals surface area contributed by atoms with E-state index in [1.54, 1.807) is 0 Å². The maximum Gasteiger partial charge on any atom is 0.226 e. The molecule has 2 N–H and O–H groups in total. The van der Waals surface area contributed by atoms with Crippen LogP contribution < -0.4 is 15.4 Å². The van der Waals surface area contributed by atoms with Gasteiger partial charge in [-0.3, -0.25) is 0 Å². The average molecular weight is 348 g/mol. The largest absolute Gasteiger partial charge is 0.477 e. The standard InChI is InChI=1S/C21H24N4O/c1-22-21-24-19-8-7-17(16-5-3-2-4-6-16)13-18(19)20(25-21)26-14-15-9-11-23-12-10-15/h2-8,13,15,23H,9-12,14H2,1H3,(H,22,24,25). The van der Waals surface area contributed by atoms with Crippen LogP contribution in [0.5, 0.6) is 5.88 Å². The molecule has 0 atom stereocenters. The van der Waals surface area contributed by atoms with E-state index in [1.165, 1.54) is 5.56 Å². The third kappa shape index (κ3) is 3.63. The summed E-state index contributed by atoms with van der Waals surface area (Å²) in [6.45, 7) is 2.84. The van der Waals surface area contributed by atoms with E-state index in [2.05, 4.69) is 57.0 Å². The fraction of sp³-hybridized carbons (Fsp3) is 0.333. The summed E-state index contributed by atoms with van der Waals surface area (Å²) >= 11 is 0. The highest BCUT2D eigenvalue weighted by Crippen LogP contribution is 2.30. The van der Waals surface area contributed by atoms with E-state index >= 15 is 0 Å². The second-order valence-electron chi connectivity index (χ2n) is 6.70. The van der Waals surface area contributed by atoms with Gasteiger partial charge in [-0.25, -0.2) is 4.98 Å². The minimum atomic E-state index is 0.580. The van der Waals surface area contributed by atoms with E-state index < -0.39 is 0 Å². The Kier molecular flexibility index (Phi) is 4.97. The van der Waals surface area contributed by atoms with Gasteiger partial charge in [0.1, 0.15) is 0 Å². The molecule has 4 rings (SSSR count). The summed E-state index contributed by atoms with van der Waals surface area (Å²) < 4.78 is 6.17. The lowest BCUT2D eigenvalue weighted by Gasteiger charge is -2.22. The van der Waals surface area contributed by atoms with Crippen LogP contribution in [-0.4, -0.2) is 36.7 Å². The number of piperidine rings is 1. The molecule has 0 saturated carbocycles. The number of rotatable bonds is 5. The van der Waals surface area contributed by atoms with Crippen molar-refractivity contribution < 1.29 is 4.74 Å². The molecule has 1 aliphatic heterocycles. The number of hydrogen-bond donors (Lipinski definition) is 2. The zero-order chi connectivity index (χ0) is 17.8. The van der Waals surface area contributed by atoms with Gasteiger partial charge in [-0.2, -0.15) is 4.98 Å². The van der Waals surface area contributed by atoms with Gasteiger partial charge in [0.05, 0.1) is 17.5 Å². The fourth-order valence-corrected chi connectivity index (χ4v) is 3.38. The van der Waals surface area contributed by atoms with Crippen LogP contribution in [0, 0.1) is 5.92 Å². The lowest BCUT2D eigenvalue weighted by atomic mass is 9.99. The van der Waals surface area contributed by atoms with Crippen LogP contribution in [0.15, 0.2) is 48.5 Å². The Labute approximate surface area is 153 Å². The highest BCUT2D eigenvalue weighted by atomic mass is 16.5. The van der Waals surface area contributed by atoms with Crippen molar-refractivity contribution in [3.8, 4) is 17.0 Å². The van der Waals surface area contributed by atoms with Crippen molar-refractivity contribution in [1.29, 1.82) is 0 Å². The van der Waals surface area contributed by atoms with Crippen molar-refractivity contribution >= 4 is 16.9 Å². The summed E-state index contributed by atoms with van der Waals surface area (Å²) in [6.07, 6.45) is 2.30. The summed E-state index contributed by atoms with van der Waals surface area (Å²) in [6, 6.07) is 16.6. The topological polar surface area (TPSA) is 59.1 Å². The van der Waals surface area contributed by atoms with Gasteiger partial charge in [-0.15, -0.1) is 0 Å². The molecule has 1 saturated heterocycles. The maximum absolute atomic E-state index is 6.17. The van der Waals surface area contributed by atoms with Crippen molar-refractivity contribution in [3.05, 3.63) is 48.5 Å². The summed E-state index contributed by atoms with van der Waals surface area (Å²) in [5.74, 6) is 1.83. The zero-order valence-corrected chi connectivity index (χ0v) is 15.0. The molecule has 3 aromatic rings. The molecule has 26 heavy (non-hydrogen) atoms. The molecular weight excluding hydrogens is 324 g/mol.